The maximum atomic E-state index is 14.0. The second-order valence-electron chi connectivity index (χ2n) is 5.30. The quantitative estimate of drug-likeness (QED) is 0.664. The number of aromatic nitrogens is 4. The Bertz CT molecular complexity index is 1010. The molecule has 0 N–H and O–H groups in total. The molecule has 4 rings (SSSR count). The first-order chi connectivity index (χ1) is 12.0. The van der Waals surface area contributed by atoms with Crippen LogP contribution in [-0.2, 0) is 11.8 Å². The molecule has 128 valence electrons. The summed E-state index contributed by atoms with van der Waals surface area (Å²) in [6, 6.07) is 0.368. The Morgan fingerprint density at radius 3 is 2.84 bits per heavy atom. The maximum absolute atomic E-state index is 14.0. The molecule has 1 fully saturated rings. The molecular formula is C14H9F2N5O4. The van der Waals surface area contributed by atoms with Crippen LogP contribution < -0.4 is 4.90 Å². The van der Waals surface area contributed by atoms with E-state index in [1.54, 1.807) is 7.05 Å². The summed E-state index contributed by atoms with van der Waals surface area (Å²) in [6.07, 6.45) is 0.703. The Balaban J connectivity index is 1.91. The second-order valence-corrected chi connectivity index (χ2v) is 5.30. The van der Waals surface area contributed by atoms with E-state index in [-0.39, 0.29) is 24.1 Å². The third-order valence-corrected chi connectivity index (χ3v) is 3.93. The van der Waals surface area contributed by atoms with Crippen LogP contribution in [0.2, 0.25) is 0 Å². The minimum absolute atomic E-state index is 0.0352. The number of ether oxygens (including phenoxy) is 1. The molecule has 1 saturated heterocycles. The molecule has 0 aliphatic carbocycles. The highest BCUT2D eigenvalue weighted by molar-refractivity contribution is 6.01. The van der Waals surface area contributed by atoms with Crippen molar-refractivity contribution in [3.8, 4) is 0 Å². The van der Waals surface area contributed by atoms with E-state index in [9.17, 15) is 18.4 Å². The Morgan fingerprint density at radius 1 is 1.36 bits per heavy atom. The van der Waals surface area contributed by atoms with Gasteiger partial charge in [-0.3, -0.25) is 9.48 Å². The zero-order chi connectivity index (χ0) is 17.7. The Morgan fingerprint density at radius 2 is 2.16 bits per heavy atom. The Labute approximate surface area is 137 Å². The van der Waals surface area contributed by atoms with Crippen LogP contribution in [0.5, 0.6) is 0 Å². The lowest BCUT2D eigenvalue weighted by Crippen LogP contribution is -2.29. The van der Waals surface area contributed by atoms with Gasteiger partial charge in [-0.1, -0.05) is 5.16 Å². The number of rotatable bonds is 3. The Hall–Kier alpha value is -3.37. The zero-order valence-electron chi connectivity index (χ0n) is 12.6. The number of benzene rings is 1. The van der Waals surface area contributed by atoms with Gasteiger partial charge in [0.25, 0.3) is 0 Å². The SMILES string of the molecule is Cn1ncnc1[C@@H]1COC(=O)N1c1noc2c(F)c(F)c(C=O)cc12. The van der Waals surface area contributed by atoms with Crippen molar-refractivity contribution >= 4 is 29.2 Å². The molecule has 3 heterocycles. The number of cyclic esters (lactones) is 1. The highest BCUT2D eigenvalue weighted by Gasteiger charge is 2.41. The van der Waals surface area contributed by atoms with Crippen molar-refractivity contribution in [2.24, 2.45) is 7.05 Å². The third kappa shape index (κ3) is 2.08. The highest BCUT2D eigenvalue weighted by Crippen LogP contribution is 2.37. The topological polar surface area (TPSA) is 103 Å². The molecule has 1 aromatic carbocycles. The summed E-state index contributed by atoms with van der Waals surface area (Å²) >= 11 is 0. The van der Waals surface area contributed by atoms with Crippen LogP contribution in [0.25, 0.3) is 11.0 Å². The lowest BCUT2D eigenvalue weighted by atomic mass is 10.1. The van der Waals surface area contributed by atoms with Crippen LogP contribution >= 0.6 is 0 Å². The third-order valence-electron chi connectivity index (χ3n) is 3.93. The van der Waals surface area contributed by atoms with E-state index < -0.39 is 34.9 Å². The summed E-state index contributed by atoms with van der Waals surface area (Å²) in [5, 5.41) is 7.56. The fraction of sp³-hybridized carbons (Fsp3) is 0.214. The van der Waals surface area contributed by atoms with Crippen LogP contribution in [0.3, 0.4) is 0 Å². The summed E-state index contributed by atoms with van der Waals surface area (Å²) in [4.78, 5) is 28.3. The lowest BCUT2D eigenvalue weighted by molar-refractivity contribution is 0.111. The first-order valence-corrected chi connectivity index (χ1v) is 7.05. The number of amides is 1. The number of fused-ring (bicyclic) bond motifs is 1. The highest BCUT2D eigenvalue weighted by atomic mass is 19.2. The van der Waals surface area contributed by atoms with Gasteiger partial charge in [0.1, 0.15) is 19.0 Å². The molecule has 1 amide bonds. The largest absolute Gasteiger partial charge is 0.446 e. The molecule has 3 aromatic rings. The summed E-state index contributed by atoms with van der Waals surface area (Å²) in [6.45, 7) is -0.0378. The molecule has 1 aliphatic heterocycles. The van der Waals surface area contributed by atoms with Crippen LogP contribution in [0.4, 0.5) is 19.4 Å². The molecule has 0 bridgehead atoms. The second kappa shape index (κ2) is 5.33. The summed E-state index contributed by atoms with van der Waals surface area (Å²) in [5.41, 5.74) is -1.02. The summed E-state index contributed by atoms with van der Waals surface area (Å²) in [7, 11) is 1.63. The molecule has 1 aliphatic rings. The van der Waals surface area contributed by atoms with E-state index in [0.717, 1.165) is 11.0 Å². The monoisotopic (exact) mass is 349 g/mol. The van der Waals surface area contributed by atoms with Gasteiger partial charge in [0.2, 0.25) is 11.4 Å². The molecule has 0 saturated carbocycles. The van der Waals surface area contributed by atoms with E-state index in [4.69, 9.17) is 9.26 Å². The number of carbonyl (C=O) groups is 2. The molecule has 11 heteroatoms. The van der Waals surface area contributed by atoms with Crippen molar-refractivity contribution in [2.45, 2.75) is 6.04 Å². The fourth-order valence-electron chi connectivity index (χ4n) is 2.73. The van der Waals surface area contributed by atoms with Crippen LogP contribution in [0, 0.1) is 11.6 Å². The number of nitrogens with zero attached hydrogens (tertiary/aromatic N) is 5. The number of hydrogen-bond donors (Lipinski definition) is 0. The minimum Gasteiger partial charge on any atom is -0.446 e. The number of hydrogen-bond acceptors (Lipinski definition) is 7. The predicted molar refractivity (Wildman–Crippen MR) is 76.9 cm³/mol. The van der Waals surface area contributed by atoms with Crippen molar-refractivity contribution in [1.82, 2.24) is 19.9 Å². The number of carbonyl (C=O) groups excluding carboxylic acids is 2. The lowest BCUT2D eigenvalue weighted by Gasteiger charge is -2.17. The van der Waals surface area contributed by atoms with Gasteiger partial charge in [0.15, 0.2) is 23.7 Å². The smallest absolute Gasteiger partial charge is 0.416 e. The fourth-order valence-corrected chi connectivity index (χ4v) is 2.73. The van der Waals surface area contributed by atoms with Gasteiger partial charge in [-0.05, 0) is 6.07 Å². The standard InChI is InChI=1S/C14H9F2N5O4/c1-20-13(17-5-18-20)8-4-24-14(23)21(8)12-7-2-6(3-22)9(15)10(16)11(7)25-19-12/h2-3,5,8H,4H2,1H3/t8-/m0/s1. The van der Waals surface area contributed by atoms with Gasteiger partial charge in [-0.2, -0.15) is 9.49 Å². The van der Waals surface area contributed by atoms with Gasteiger partial charge in [-0.15, -0.1) is 0 Å². The predicted octanol–water partition coefficient (Wildman–Crippen LogP) is 1.74. The summed E-state index contributed by atoms with van der Waals surface area (Å²) < 4.78 is 39.1. The van der Waals surface area contributed by atoms with Gasteiger partial charge in [0.05, 0.1) is 10.9 Å². The Kier molecular flexibility index (Phi) is 3.23. The van der Waals surface area contributed by atoms with Crippen molar-refractivity contribution in [1.29, 1.82) is 0 Å². The van der Waals surface area contributed by atoms with Crippen LogP contribution in [0.15, 0.2) is 16.9 Å². The number of aryl methyl sites for hydroxylation is 1. The normalized spacial score (nSPS) is 17.3. The van der Waals surface area contributed by atoms with E-state index in [1.807, 2.05) is 0 Å². The van der Waals surface area contributed by atoms with Crippen LogP contribution in [-0.4, -0.2) is 38.9 Å². The molecular weight excluding hydrogens is 340 g/mol. The molecule has 0 radical (unpaired) electrons. The van der Waals surface area contributed by atoms with Gasteiger partial charge < -0.3 is 9.26 Å². The van der Waals surface area contributed by atoms with Crippen molar-refractivity contribution < 1.29 is 27.6 Å². The van der Waals surface area contributed by atoms with E-state index in [0.29, 0.717) is 5.82 Å². The van der Waals surface area contributed by atoms with Gasteiger partial charge in [-0.25, -0.2) is 19.1 Å². The van der Waals surface area contributed by atoms with Crippen molar-refractivity contribution in [3.63, 3.8) is 0 Å². The molecule has 9 nitrogen and oxygen atoms in total. The van der Waals surface area contributed by atoms with E-state index in [2.05, 4.69) is 15.2 Å². The number of halogens is 2. The van der Waals surface area contributed by atoms with Crippen LogP contribution in [0.1, 0.15) is 22.2 Å². The van der Waals surface area contributed by atoms with E-state index in [1.165, 1.54) is 11.0 Å². The van der Waals surface area contributed by atoms with E-state index >= 15 is 0 Å². The average Bonchev–Trinajstić information content (AvgIpc) is 3.29. The first-order valence-electron chi connectivity index (χ1n) is 7.05. The molecule has 1 atom stereocenters. The maximum Gasteiger partial charge on any atom is 0.416 e. The number of anilines is 1. The van der Waals surface area contributed by atoms with Gasteiger partial charge >= 0.3 is 6.09 Å². The van der Waals surface area contributed by atoms with Crippen molar-refractivity contribution in [2.75, 3.05) is 11.5 Å². The average molecular weight is 349 g/mol. The summed E-state index contributed by atoms with van der Waals surface area (Å²) in [5.74, 6) is -2.41. The number of aldehydes is 1. The first kappa shape index (κ1) is 15.2. The molecule has 2 aromatic heterocycles. The molecule has 0 spiro atoms. The minimum atomic E-state index is -1.36. The molecule has 0 unspecified atom stereocenters. The zero-order valence-corrected chi connectivity index (χ0v) is 12.6. The van der Waals surface area contributed by atoms with Crippen molar-refractivity contribution in [3.05, 3.63) is 35.4 Å². The van der Waals surface area contributed by atoms with Gasteiger partial charge in [0, 0.05) is 7.05 Å². The molecule has 25 heavy (non-hydrogen) atoms.